The first-order valence-electron chi connectivity index (χ1n) is 8.23. The molecule has 1 aromatic carbocycles. The molecule has 0 saturated carbocycles. The summed E-state index contributed by atoms with van der Waals surface area (Å²) in [5.41, 5.74) is 4.92. The van der Waals surface area contributed by atoms with Crippen LogP contribution in [0.2, 0.25) is 0 Å². The van der Waals surface area contributed by atoms with Crippen molar-refractivity contribution in [3.05, 3.63) is 66.6 Å². The van der Waals surface area contributed by atoms with Crippen molar-refractivity contribution >= 4 is 11.3 Å². The third-order valence-electron chi connectivity index (χ3n) is 4.12. The molecule has 0 spiro atoms. The van der Waals surface area contributed by atoms with Crippen LogP contribution < -0.4 is 5.32 Å². The molecule has 3 heterocycles. The molecule has 7 nitrogen and oxygen atoms in total. The lowest BCUT2D eigenvalue weighted by Gasteiger charge is -2.14. The van der Waals surface area contributed by atoms with Crippen LogP contribution in [0.15, 0.2) is 55.4 Å². The Labute approximate surface area is 145 Å². The highest BCUT2D eigenvalue weighted by Crippen LogP contribution is 2.22. The second kappa shape index (κ2) is 6.35. The van der Waals surface area contributed by atoms with Crippen molar-refractivity contribution in [1.82, 2.24) is 29.4 Å². The van der Waals surface area contributed by atoms with Crippen LogP contribution in [0.5, 0.6) is 0 Å². The predicted octanol–water partition coefficient (Wildman–Crippen LogP) is 3.05. The van der Waals surface area contributed by atoms with Gasteiger partial charge in [0.15, 0.2) is 0 Å². The molecule has 0 aliphatic rings. The Morgan fingerprint density at radius 2 is 2.04 bits per heavy atom. The Morgan fingerprint density at radius 3 is 2.84 bits per heavy atom. The van der Waals surface area contributed by atoms with Gasteiger partial charge >= 0.3 is 0 Å². The Balaban J connectivity index is 1.67. The molecule has 0 amide bonds. The zero-order valence-electron chi connectivity index (χ0n) is 14.2. The Kier molecular flexibility index (Phi) is 3.89. The number of nitrogens with zero attached hydrogens (tertiary/aromatic N) is 6. The molecule has 4 rings (SSSR count). The number of fused-ring (bicyclic) bond motifs is 1. The van der Waals surface area contributed by atoms with E-state index in [4.69, 9.17) is 0 Å². The molecule has 0 aliphatic carbocycles. The van der Waals surface area contributed by atoms with Crippen molar-refractivity contribution in [3.63, 3.8) is 0 Å². The standard InChI is InChI=1S/C18H19N7/c1-13(2)15-9-16(18-22-21-12-25(18)23-15)20-10-14-5-3-4-6-17(14)24-8-7-19-11-24/h3-9,11-13,20H,10H2,1-2H3. The number of aromatic nitrogens is 6. The lowest BCUT2D eigenvalue weighted by atomic mass is 10.1. The monoisotopic (exact) mass is 333 g/mol. The first-order valence-corrected chi connectivity index (χ1v) is 8.23. The van der Waals surface area contributed by atoms with Gasteiger partial charge in [-0.1, -0.05) is 32.0 Å². The van der Waals surface area contributed by atoms with Gasteiger partial charge in [0.25, 0.3) is 0 Å². The highest BCUT2D eigenvalue weighted by Gasteiger charge is 2.11. The van der Waals surface area contributed by atoms with E-state index < -0.39 is 0 Å². The van der Waals surface area contributed by atoms with Gasteiger partial charge in [-0.15, -0.1) is 10.2 Å². The number of hydrogen-bond acceptors (Lipinski definition) is 5. The minimum Gasteiger partial charge on any atom is -0.378 e. The normalized spacial score (nSPS) is 11.3. The van der Waals surface area contributed by atoms with Gasteiger partial charge < -0.3 is 9.88 Å². The van der Waals surface area contributed by atoms with Gasteiger partial charge in [0, 0.05) is 18.9 Å². The van der Waals surface area contributed by atoms with E-state index in [-0.39, 0.29) is 0 Å². The summed E-state index contributed by atoms with van der Waals surface area (Å²) in [6.07, 6.45) is 7.16. The third-order valence-corrected chi connectivity index (χ3v) is 4.12. The first kappa shape index (κ1) is 15.3. The zero-order chi connectivity index (χ0) is 17.2. The van der Waals surface area contributed by atoms with Crippen LogP contribution in [0.25, 0.3) is 11.3 Å². The Hall–Kier alpha value is -3.22. The summed E-state index contributed by atoms with van der Waals surface area (Å²) in [5, 5.41) is 16.2. The van der Waals surface area contributed by atoms with E-state index in [0.717, 1.165) is 22.7 Å². The van der Waals surface area contributed by atoms with Crippen LogP contribution in [0.3, 0.4) is 0 Å². The molecular formula is C18H19N7. The summed E-state index contributed by atoms with van der Waals surface area (Å²) in [6, 6.07) is 10.3. The second-order valence-corrected chi connectivity index (χ2v) is 6.19. The van der Waals surface area contributed by atoms with Gasteiger partial charge in [0.05, 0.1) is 23.4 Å². The SMILES string of the molecule is CC(C)c1cc(NCc2ccccc2-n2ccnc2)c2nncn2n1. The average molecular weight is 333 g/mol. The molecule has 7 heteroatoms. The van der Waals surface area contributed by atoms with Crippen LogP contribution in [0.1, 0.15) is 31.0 Å². The molecule has 0 fully saturated rings. The van der Waals surface area contributed by atoms with Crippen molar-refractivity contribution in [3.8, 4) is 5.69 Å². The summed E-state index contributed by atoms with van der Waals surface area (Å²) >= 11 is 0. The quantitative estimate of drug-likeness (QED) is 0.608. The van der Waals surface area contributed by atoms with E-state index in [1.807, 2.05) is 22.9 Å². The van der Waals surface area contributed by atoms with Crippen molar-refractivity contribution in [2.24, 2.45) is 0 Å². The Bertz CT molecular complexity index is 986. The maximum Gasteiger partial charge on any atom is 0.200 e. The van der Waals surface area contributed by atoms with Gasteiger partial charge in [0.2, 0.25) is 5.65 Å². The zero-order valence-corrected chi connectivity index (χ0v) is 14.2. The van der Waals surface area contributed by atoms with Crippen LogP contribution >= 0.6 is 0 Å². The maximum absolute atomic E-state index is 4.55. The van der Waals surface area contributed by atoms with E-state index in [1.54, 1.807) is 23.4 Å². The highest BCUT2D eigenvalue weighted by molar-refractivity contribution is 5.67. The molecule has 126 valence electrons. The van der Waals surface area contributed by atoms with E-state index in [1.165, 1.54) is 5.56 Å². The molecule has 4 aromatic rings. The second-order valence-electron chi connectivity index (χ2n) is 6.19. The van der Waals surface area contributed by atoms with Gasteiger partial charge in [-0.05, 0) is 23.6 Å². The highest BCUT2D eigenvalue weighted by atomic mass is 15.3. The van der Waals surface area contributed by atoms with E-state index in [0.29, 0.717) is 12.5 Å². The van der Waals surface area contributed by atoms with Gasteiger partial charge in [0.1, 0.15) is 6.33 Å². The van der Waals surface area contributed by atoms with E-state index in [9.17, 15) is 0 Å². The number of nitrogens with one attached hydrogen (secondary N) is 1. The number of para-hydroxylation sites is 1. The van der Waals surface area contributed by atoms with E-state index >= 15 is 0 Å². The largest absolute Gasteiger partial charge is 0.378 e. The third kappa shape index (κ3) is 2.96. The minimum absolute atomic E-state index is 0.325. The van der Waals surface area contributed by atoms with Crippen molar-refractivity contribution < 1.29 is 0 Å². The molecule has 0 bridgehead atoms. The first-order chi connectivity index (χ1) is 12.2. The lowest BCUT2D eigenvalue weighted by molar-refractivity contribution is 0.762. The summed E-state index contributed by atoms with van der Waals surface area (Å²) in [4.78, 5) is 4.14. The fraction of sp³-hybridized carbons (Fsp3) is 0.222. The molecule has 0 radical (unpaired) electrons. The molecule has 0 aliphatic heterocycles. The summed E-state index contributed by atoms with van der Waals surface area (Å²) in [6.45, 7) is 4.91. The van der Waals surface area contributed by atoms with Crippen LogP contribution in [-0.4, -0.2) is 29.4 Å². The molecular weight excluding hydrogens is 314 g/mol. The van der Waals surface area contributed by atoms with Crippen LogP contribution in [0, 0.1) is 0 Å². The topological polar surface area (TPSA) is 72.9 Å². The average Bonchev–Trinajstić information content (AvgIpc) is 3.31. The fourth-order valence-electron chi connectivity index (χ4n) is 2.76. The molecule has 25 heavy (non-hydrogen) atoms. The smallest absolute Gasteiger partial charge is 0.200 e. The summed E-state index contributed by atoms with van der Waals surface area (Å²) < 4.78 is 3.73. The molecule has 1 N–H and O–H groups in total. The predicted molar refractivity (Wildman–Crippen MR) is 95.8 cm³/mol. The number of rotatable bonds is 5. The number of imidazole rings is 1. The summed E-state index contributed by atoms with van der Waals surface area (Å²) in [5.74, 6) is 0.325. The molecule has 0 saturated heterocycles. The minimum atomic E-state index is 0.325. The van der Waals surface area contributed by atoms with Crippen molar-refractivity contribution in [2.75, 3.05) is 5.32 Å². The summed E-state index contributed by atoms with van der Waals surface area (Å²) in [7, 11) is 0. The maximum atomic E-state index is 4.55. The van der Waals surface area contributed by atoms with Crippen molar-refractivity contribution in [1.29, 1.82) is 0 Å². The number of anilines is 1. The van der Waals surface area contributed by atoms with Gasteiger partial charge in [-0.2, -0.15) is 9.61 Å². The van der Waals surface area contributed by atoms with Gasteiger partial charge in [-0.25, -0.2) is 4.98 Å². The molecule has 0 atom stereocenters. The number of benzene rings is 1. The van der Waals surface area contributed by atoms with Crippen LogP contribution in [-0.2, 0) is 6.54 Å². The van der Waals surface area contributed by atoms with E-state index in [2.05, 4.69) is 57.6 Å². The van der Waals surface area contributed by atoms with Crippen molar-refractivity contribution in [2.45, 2.75) is 26.3 Å². The number of hydrogen-bond donors (Lipinski definition) is 1. The fourth-order valence-corrected chi connectivity index (χ4v) is 2.76. The lowest BCUT2D eigenvalue weighted by Crippen LogP contribution is -2.08. The molecule has 3 aromatic heterocycles. The Morgan fingerprint density at radius 1 is 1.16 bits per heavy atom. The van der Waals surface area contributed by atoms with Gasteiger partial charge in [-0.3, -0.25) is 0 Å². The van der Waals surface area contributed by atoms with Crippen LogP contribution in [0.4, 0.5) is 5.69 Å². The molecule has 0 unspecified atom stereocenters.